The molecule has 1 aromatic carbocycles. The topological polar surface area (TPSA) is 43.4 Å². The van der Waals surface area contributed by atoms with E-state index in [0.29, 0.717) is 6.10 Å². The molecule has 0 radical (unpaired) electrons. The van der Waals surface area contributed by atoms with Crippen LogP contribution in [0, 0.1) is 0 Å². The number of hydrogen-bond donors (Lipinski definition) is 1. The molecule has 21 heavy (non-hydrogen) atoms. The summed E-state index contributed by atoms with van der Waals surface area (Å²) in [4.78, 5) is 4.35. The molecule has 0 aliphatic carbocycles. The Bertz CT molecular complexity index is 582. The van der Waals surface area contributed by atoms with E-state index in [2.05, 4.69) is 23.3 Å². The average molecular weight is 286 g/mol. The lowest BCUT2D eigenvalue weighted by Crippen LogP contribution is -2.34. The Kier molecular flexibility index (Phi) is 4.68. The molecule has 2 heterocycles. The molecular formula is C17H22N2O2. The molecule has 4 heteroatoms. The molecule has 0 saturated carbocycles. The highest BCUT2D eigenvalue weighted by molar-refractivity contribution is 5.79. The van der Waals surface area contributed by atoms with Gasteiger partial charge in [-0.25, -0.2) is 0 Å². The van der Waals surface area contributed by atoms with Gasteiger partial charge >= 0.3 is 0 Å². The molecule has 0 bridgehead atoms. The summed E-state index contributed by atoms with van der Waals surface area (Å²) in [7, 11) is 0. The van der Waals surface area contributed by atoms with Gasteiger partial charge < -0.3 is 14.8 Å². The summed E-state index contributed by atoms with van der Waals surface area (Å²) in [6.07, 6.45) is 4.65. The summed E-state index contributed by atoms with van der Waals surface area (Å²) < 4.78 is 11.5. The van der Waals surface area contributed by atoms with Crippen LogP contribution < -0.4 is 10.1 Å². The van der Waals surface area contributed by atoms with Crippen LogP contribution in [-0.4, -0.2) is 36.9 Å². The van der Waals surface area contributed by atoms with Crippen molar-refractivity contribution >= 4 is 10.9 Å². The molecular weight excluding hydrogens is 264 g/mol. The summed E-state index contributed by atoms with van der Waals surface area (Å²) in [5.41, 5.74) is 0.967. The Morgan fingerprint density at radius 3 is 3.24 bits per heavy atom. The zero-order chi connectivity index (χ0) is 14.5. The van der Waals surface area contributed by atoms with Crippen molar-refractivity contribution in [1.82, 2.24) is 10.3 Å². The molecule has 1 aromatic heterocycles. The number of pyridine rings is 1. The molecule has 0 amide bonds. The monoisotopic (exact) mass is 286 g/mol. The third-order valence-electron chi connectivity index (χ3n) is 3.74. The fourth-order valence-corrected chi connectivity index (χ4v) is 2.65. The Balaban J connectivity index is 1.49. The highest BCUT2D eigenvalue weighted by atomic mass is 16.5. The van der Waals surface area contributed by atoms with Crippen molar-refractivity contribution in [2.75, 3.05) is 19.7 Å². The van der Waals surface area contributed by atoms with Crippen molar-refractivity contribution in [3.63, 3.8) is 0 Å². The van der Waals surface area contributed by atoms with E-state index in [0.717, 1.165) is 36.3 Å². The van der Waals surface area contributed by atoms with Crippen LogP contribution in [0.4, 0.5) is 0 Å². The highest BCUT2D eigenvalue weighted by Gasteiger charge is 2.15. The van der Waals surface area contributed by atoms with Crippen LogP contribution in [0.1, 0.15) is 19.8 Å². The van der Waals surface area contributed by atoms with Crippen LogP contribution in [0.3, 0.4) is 0 Å². The molecule has 1 aliphatic heterocycles. The molecule has 1 N–H and O–H groups in total. The maximum atomic E-state index is 5.94. The quantitative estimate of drug-likeness (QED) is 0.887. The van der Waals surface area contributed by atoms with E-state index >= 15 is 0 Å². The predicted octanol–water partition coefficient (Wildman–Crippen LogP) is 2.77. The van der Waals surface area contributed by atoms with Gasteiger partial charge in [0.25, 0.3) is 0 Å². The fourth-order valence-electron chi connectivity index (χ4n) is 2.65. The first-order valence-electron chi connectivity index (χ1n) is 7.65. The van der Waals surface area contributed by atoms with E-state index in [1.165, 1.54) is 12.8 Å². The van der Waals surface area contributed by atoms with E-state index in [4.69, 9.17) is 9.47 Å². The van der Waals surface area contributed by atoms with E-state index in [-0.39, 0.29) is 6.10 Å². The van der Waals surface area contributed by atoms with E-state index < -0.39 is 0 Å². The molecule has 1 aliphatic rings. The second-order valence-electron chi connectivity index (χ2n) is 5.58. The van der Waals surface area contributed by atoms with E-state index in [1.807, 2.05) is 24.3 Å². The van der Waals surface area contributed by atoms with Gasteiger partial charge in [-0.05, 0) is 38.0 Å². The summed E-state index contributed by atoms with van der Waals surface area (Å²) in [5, 5.41) is 4.55. The summed E-state index contributed by atoms with van der Waals surface area (Å²) in [6.45, 7) is 4.71. The van der Waals surface area contributed by atoms with Crippen LogP contribution >= 0.6 is 0 Å². The zero-order valence-corrected chi connectivity index (χ0v) is 12.4. The Hall–Kier alpha value is -1.65. The summed E-state index contributed by atoms with van der Waals surface area (Å²) >= 11 is 0. The first-order chi connectivity index (χ1) is 10.3. The van der Waals surface area contributed by atoms with Gasteiger partial charge in [0.05, 0.1) is 11.6 Å². The lowest BCUT2D eigenvalue weighted by molar-refractivity contribution is 0.106. The molecule has 2 unspecified atom stereocenters. The number of rotatable bonds is 6. The van der Waals surface area contributed by atoms with Gasteiger partial charge in [-0.2, -0.15) is 0 Å². The SMILES string of the molecule is CC(CNCC1CCCO1)Oc1ccc2cccnc2c1. The van der Waals surface area contributed by atoms with Crippen LogP contribution in [0.15, 0.2) is 36.5 Å². The molecule has 4 nitrogen and oxygen atoms in total. The summed E-state index contributed by atoms with van der Waals surface area (Å²) in [5.74, 6) is 0.868. The molecule has 112 valence electrons. The van der Waals surface area contributed by atoms with E-state index in [9.17, 15) is 0 Å². The largest absolute Gasteiger partial charge is 0.489 e. The molecule has 1 saturated heterocycles. The molecule has 0 spiro atoms. The maximum absolute atomic E-state index is 5.94. The number of nitrogens with zero attached hydrogens (tertiary/aromatic N) is 1. The first-order valence-corrected chi connectivity index (χ1v) is 7.65. The van der Waals surface area contributed by atoms with Gasteiger partial charge in [0.2, 0.25) is 0 Å². The van der Waals surface area contributed by atoms with Gasteiger partial charge in [-0.15, -0.1) is 0 Å². The van der Waals surface area contributed by atoms with Crippen molar-refractivity contribution < 1.29 is 9.47 Å². The highest BCUT2D eigenvalue weighted by Crippen LogP contribution is 2.19. The second-order valence-corrected chi connectivity index (χ2v) is 5.58. The van der Waals surface area contributed by atoms with Crippen LogP contribution in [0.25, 0.3) is 10.9 Å². The Morgan fingerprint density at radius 2 is 2.38 bits per heavy atom. The number of fused-ring (bicyclic) bond motifs is 1. The van der Waals surface area contributed by atoms with Crippen LogP contribution in [-0.2, 0) is 4.74 Å². The summed E-state index contributed by atoms with van der Waals surface area (Å²) in [6, 6.07) is 10.0. The average Bonchev–Trinajstić information content (AvgIpc) is 3.00. The molecule has 3 rings (SSSR count). The third kappa shape index (κ3) is 3.93. The second kappa shape index (κ2) is 6.87. The van der Waals surface area contributed by atoms with E-state index in [1.54, 1.807) is 6.20 Å². The van der Waals surface area contributed by atoms with Gasteiger partial charge in [0.1, 0.15) is 11.9 Å². The minimum absolute atomic E-state index is 0.118. The number of aromatic nitrogens is 1. The number of nitrogens with one attached hydrogen (secondary N) is 1. The van der Waals surface area contributed by atoms with Crippen molar-refractivity contribution in [1.29, 1.82) is 0 Å². The van der Waals surface area contributed by atoms with Crippen LogP contribution in [0.5, 0.6) is 5.75 Å². The Morgan fingerprint density at radius 1 is 1.43 bits per heavy atom. The normalized spacial score (nSPS) is 19.8. The number of hydrogen-bond acceptors (Lipinski definition) is 4. The Labute approximate surface area is 125 Å². The molecule has 2 atom stereocenters. The van der Waals surface area contributed by atoms with Crippen molar-refractivity contribution in [3.8, 4) is 5.75 Å². The van der Waals surface area contributed by atoms with Crippen molar-refractivity contribution in [3.05, 3.63) is 36.5 Å². The minimum Gasteiger partial charge on any atom is -0.489 e. The molecule has 2 aromatic rings. The first kappa shape index (κ1) is 14.3. The van der Waals surface area contributed by atoms with Crippen molar-refractivity contribution in [2.45, 2.75) is 32.0 Å². The lowest BCUT2D eigenvalue weighted by atomic mass is 10.2. The van der Waals surface area contributed by atoms with Gasteiger partial charge in [0.15, 0.2) is 0 Å². The fraction of sp³-hybridized carbons (Fsp3) is 0.471. The third-order valence-corrected chi connectivity index (χ3v) is 3.74. The standard InChI is InChI=1S/C17H22N2O2/c1-13(11-18-12-16-5-3-9-20-16)21-15-7-6-14-4-2-8-19-17(14)10-15/h2,4,6-8,10,13,16,18H,3,5,9,11-12H2,1H3. The van der Waals surface area contributed by atoms with Crippen molar-refractivity contribution in [2.24, 2.45) is 0 Å². The van der Waals surface area contributed by atoms with Gasteiger partial charge in [0, 0.05) is 37.3 Å². The minimum atomic E-state index is 0.118. The maximum Gasteiger partial charge on any atom is 0.121 e. The van der Waals surface area contributed by atoms with Crippen LogP contribution in [0.2, 0.25) is 0 Å². The number of benzene rings is 1. The zero-order valence-electron chi connectivity index (χ0n) is 12.4. The van der Waals surface area contributed by atoms with Gasteiger partial charge in [-0.3, -0.25) is 4.98 Å². The molecule has 1 fully saturated rings. The number of ether oxygens (including phenoxy) is 2. The smallest absolute Gasteiger partial charge is 0.121 e. The van der Waals surface area contributed by atoms with Gasteiger partial charge in [-0.1, -0.05) is 6.07 Å². The predicted molar refractivity (Wildman–Crippen MR) is 83.7 cm³/mol. The lowest BCUT2D eigenvalue weighted by Gasteiger charge is -2.17.